The first kappa shape index (κ1) is 35.5. The quantitative estimate of drug-likeness (QED) is 0.0727. The maximum absolute atomic E-state index is 13.5. The van der Waals surface area contributed by atoms with Gasteiger partial charge in [-0.15, -0.1) is 15.6 Å². The fourth-order valence-electron chi connectivity index (χ4n) is 7.18. The van der Waals surface area contributed by atoms with Crippen molar-refractivity contribution < 1.29 is 46.3 Å². The summed E-state index contributed by atoms with van der Waals surface area (Å²) in [5, 5.41) is 18.5. The summed E-state index contributed by atoms with van der Waals surface area (Å²) in [6.45, 7) is 4.02. The van der Waals surface area contributed by atoms with Crippen LogP contribution in [0.1, 0.15) is 76.1 Å². The summed E-state index contributed by atoms with van der Waals surface area (Å²) in [7, 11) is -5.02. The number of nitrogens with two attached hydrogens (primary N) is 2. The number of hydrogen-bond acceptors (Lipinski definition) is 13. The molecule has 270 valence electrons. The van der Waals surface area contributed by atoms with Crippen LogP contribution in [0.2, 0.25) is 0 Å². The van der Waals surface area contributed by atoms with Crippen LogP contribution in [0.25, 0.3) is 0 Å². The van der Waals surface area contributed by atoms with Crippen molar-refractivity contribution in [2.24, 2.45) is 27.7 Å². The van der Waals surface area contributed by atoms with Gasteiger partial charge in [0.2, 0.25) is 0 Å². The molecule has 0 spiro atoms. The van der Waals surface area contributed by atoms with Crippen LogP contribution < -0.4 is 21.5 Å². The molecule has 6 atom stereocenters. The minimum absolute atomic E-state index is 0.0670. The monoisotopic (exact) mass is 733 g/mol. The first-order valence-corrected chi connectivity index (χ1v) is 18.3. The highest BCUT2D eigenvalue weighted by Crippen LogP contribution is 2.43. The molecule has 2 aliphatic heterocycles. The number of oxime groups is 1. The van der Waals surface area contributed by atoms with Gasteiger partial charge in [0.05, 0.1) is 11.6 Å². The molecule has 1 unspecified atom stereocenters. The first-order chi connectivity index (χ1) is 23.4. The van der Waals surface area contributed by atoms with Gasteiger partial charge >= 0.3 is 16.4 Å². The van der Waals surface area contributed by atoms with Crippen molar-refractivity contribution >= 4 is 56.2 Å². The number of β-lactam (4-membered cyclic amide) rings is 1. The predicted molar refractivity (Wildman–Crippen MR) is 179 cm³/mol. The Morgan fingerprint density at radius 2 is 1.90 bits per heavy atom. The summed E-state index contributed by atoms with van der Waals surface area (Å²) in [5.41, 5.74) is 9.69. The van der Waals surface area contributed by atoms with Crippen molar-refractivity contribution in [1.82, 2.24) is 15.4 Å². The molecule has 50 heavy (non-hydrogen) atoms. The minimum atomic E-state index is -5.02. The van der Waals surface area contributed by atoms with Crippen LogP contribution in [0.4, 0.5) is 5.13 Å². The van der Waals surface area contributed by atoms with Crippen LogP contribution in [-0.4, -0.2) is 86.8 Å². The van der Waals surface area contributed by atoms with Crippen molar-refractivity contribution in [3.05, 3.63) is 40.4 Å². The molecular weight excluding hydrogens is 695 g/mol. The number of nitrogens with one attached hydrogen (secondary N) is 1. The van der Waals surface area contributed by atoms with Crippen LogP contribution in [0, 0.1) is 11.8 Å². The highest BCUT2D eigenvalue weighted by Gasteiger charge is 2.58. The molecule has 2 aliphatic carbocycles. The number of carboxylic acids is 1. The number of carboxylic acid groups (broad SMARTS) is 1. The van der Waals surface area contributed by atoms with Gasteiger partial charge in [-0.3, -0.25) is 19.1 Å². The average Bonchev–Trinajstić information content (AvgIpc) is 3.64. The van der Waals surface area contributed by atoms with Crippen molar-refractivity contribution in [3.8, 4) is 5.75 Å². The largest absolute Gasteiger partial charge is 0.485 e. The van der Waals surface area contributed by atoms with E-state index >= 15 is 0 Å². The third-order valence-corrected chi connectivity index (χ3v) is 11.0. The number of nitrogen functional groups attached to an aromatic ring is 1. The smallest absolute Gasteiger partial charge is 0.418 e. The molecule has 3 fully saturated rings. The van der Waals surface area contributed by atoms with Crippen molar-refractivity contribution in [1.29, 1.82) is 0 Å². The van der Waals surface area contributed by atoms with Crippen LogP contribution in [0.5, 0.6) is 5.75 Å². The molecule has 2 aromatic rings. The second kappa shape index (κ2) is 13.1. The van der Waals surface area contributed by atoms with E-state index in [0.717, 1.165) is 47.1 Å². The minimum Gasteiger partial charge on any atom is -0.485 e. The van der Waals surface area contributed by atoms with E-state index in [1.54, 1.807) is 12.1 Å². The summed E-state index contributed by atoms with van der Waals surface area (Å²) < 4.78 is 41.8. The second-order valence-electron chi connectivity index (χ2n) is 13.9. The Bertz CT molecular complexity index is 1870. The maximum Gasteiger partial charge on any atom is 0.418 e. The summed E-state index contributed by atoms with van der Waals surface area (Å²) in [6.07, 6.45) is 5.55. The van der Waals surface area contributed by atoms with E-state index in [2.05, 4.69) is 19.7 Å². The predicted octanol–water partition coefficient (Wildman–Crippen LogP) is 1.81. The molecule has 1 aromatic carbocycles. The molecule has 4 aliphatic rings. The molecule has 2 bridgehead atoms. The zero-order valence-electron chi connectivity index (χ0n) is 27.6. The third-order valence-electron chi connectivity index (χ3n) is 9.95. The molecule has 19 heteroatoms. The maximum atomic E-state index is 13.5. The normalized spacial score (nSPS) is 27.4. The number of anilines is 1. The van der Waals surface area contributed by atoms with E-state index in [1.807, 2.05) is 6.07 Å². The number of ether oxygens (including phenoxy) is 1. The number of amides is 2. The van der Waals surface area contributed by atoms with Crippen molar-refractivity contribution in [3.63, 3.8) is 0 Å². The highest BCUT2D eigenvalue weighted by atomic mass is 32.3. The molecule has 2 saturated carbocycles. The Morgan fingerprint density at radius 1 is 1.20 bits per heavy atom. The van der Waals surface area contributed by atoms with Crippen molar-refractivity contribution in [2.75, 3.05) is 5.73 Å². The number of amidine groups is 1. The van der Waals surface area contributed by atoms with Gasteiger partial charge in [-0.25, -0.2) is 9.78 Å². The van der Waals surface area contributed by atoms with Gasteiger partial charge in [0.15, 0.2) is 16.9 Å². The van der Waals surface area contributed by atoms with Crippen molar-refractivity contribution in [2.45, 2.75) is 95.0 Å². The third kappa shape index (κ3) is 6.99. The van der Waals surface area contributed by atoms with Gasteiger partial charge in [0.1, 0.15) is 23.3 Å². The number of aryl methyl sites for hydroxylation is 1. The number of carbonyl (C=O) groups is 3. The summed E-state index contributed by atoms with van der Waals surface area (Å²) in [6, 6.07) is 4.30. The molecule has 1 saturated heterocycles. The summed E-state index contributed by atoms with van der Waals surface area (Å²) in [4.78, 5) is 53.3. The zero-order valence-corrected chi connectivity index (χ0v) is 29.2. The van der Waals surface area contributed by atoms with E-state index in [-0.39, 0.29) is 23.3 Å². The van der Waals surface area contributed by atoms with E-state index in [1.165, 1.54) is 45.4 Å². The van der Waals surface area contributed by atoms with E-state index in [9.17, 15) is 27.9 Å². The molecule has 1 aromatic heterocycles. The van der Waals surface area contributed by atoms with Gasteiger partial charge in [-0.05, 0) is 88.5 Å². The lowest BCUT2D eigenvalue weighted by atomic mass is 9.84. The molecule has 2 amide bonds. The number of carbonyl (C=O) groups excluding carboxylic acids is 2. The molecule has 6 rings (SSSR count). The molecular formula is C31H39N7O10S2. The number of aliphatic imine (C=N–C) groups is 1. The van der Waals surface area contributed by atoms with Gasteiger partial charge in [-0.2, -0.15) is 13.5 Å². The Labute approximate surface area is 291 Å². The first-order valence-electron chi connectivity index (χ1n) is 16.1. The number of thiazole rings is 1. The highest BCUT2D eigenvalue weighted by molar-refractivity contribution is 7.80. The molecule has 0 radical (unpaired) electrons. The van der Waals surface area contributed by atoms with E-state index < -0.39 is 57.2 Å². The topological polar surface area (TPSA) is 258 Å². The lowest BCUT2D eigenvalue weighted by molar-refractivity contribution is -0.218. The van der Waals surface area contributed by atoms with E-state index in [4.69, 9.17) is 30.6 Å². The van der Waals surface area contributed by atoms with Gasteiger partial charge in [-0.1, -0.05) is 18.0 Å². The lowest BCUT2D eigenvalue weighted by Gasteiger charge is -2.50. The number of hydrogen-bond donors (Lipinski definition) is 5. The Morgan fingerprint density at radius 3 is 2.50 bits per heavy atom. The summed E-state index contributed by atoms with van der Waals surface area (Å²) in [5.74, 6) is -1.05. The molecule has 3 heterocycles. The fourth-order valence-corrected chi connectivity index (χ4v) is 8.18. The molecule has 7 N–H and O–H groups in total. The Kier molecular flexibility index (Phi) is 9.29. The summed E-state index contributed by atoms with van der Waals surface area (Å²) >= 11 is 0.974. The zero-order chi connectivity index (χ0) is 36.2. The van der Waals surface area contributed by atoms with Crippen LogP contribution in [0.3, 0.4) is 0 Å². The standard InChI is InChI=1S/C31H39N7O10S2/c1-30(2)24(27(40)38(30)48-50(43,44)45)36-26(39)23(20-14-49-29(33)35-20)37-47-31(3,28(41)42)22-9-7-17-13-18(6-8-21(17)46-22)25(32)34-19-11-15-4-5-16(10-15)12-19/h6,8,13-16,19,22,24H,4-5,7,9-12H2,1-3H3,(H2,32,34)(H2,33,35)(H,36,39)(H,41,42)(H,43,44,45)/b37-23-/t15-,16+,19?,22-,24-,31+/m1/s1. The number of benzene rings is 1. The lowest BCUT2D eigenvalue weighted by Crippen LogP contribution is -2.76. The van der Waals surface area contributed by atoms with Crippen LogP contribution in [0.15, 0.2) is 33.7 Å². The van der Waals surface area contributed by atoms with Gasteiger partial charge < -0.3 is 31.5 Å². The average molecular weight is 734 g/mol. The molecule has 17 nitrogen and oxygen atoms in total. The number of nitrogens with zero attached hydrogens (tertiary/aromatic N) is 4. The SMILES string of the molecule is CC1(C)[C@H](NC(=O)/C(=N\O[C@](C)(C(=O)O)[C@H]2CCc3cc(C(N)=NC4C[C@H]5CC[C@@H](C4)C5)ccc3O2)c2csc(N)n2)C(=O)N1OS(=O)(=O)O. The van der Waals surface area contributed by atoms with Gasteiger partial charge in [0, 0.05) is 10.9 Å². The number of hydroxylamine groups is 2. The van der Waals surface area contributed by atoms with Crippen LogP contribution in [-0.2, 0) is 40.3 Å². The van der Waals surface area contributed by atoms with Crippen LogP contribution >= 0.6 is 11.3 Å². The fraction of sp³-hybridized carbons (Fsp3) is 0.548. The number of rotatable bonds is 11. The number of fused-ring (bicyclic) bond motifs is 3. The Balaban J connectivity index is 1.19. The van der Waals surface area contributed by atoms with E-state index in [0.29, 0.717) is 23.1 Å². The van der Waals surface area contributed by atoms with Gasteiger partial charge in [0.25, 0.3) is 17.4 Å². The Hall–Kier alpha value is -4.33. The second-order valence-corrected chi connectivity index (χ2v) is 15.8. The number of aromatic nitrogens is 1. The number of aliphatic carboxylic acids is 1.